The molecular weight excluding hydrogens is 252 g/mol. The van der Waals surface area contributed by atoms with Gasteiger partial charge in [-0.25, -0.2) is 0 Å². The van der Waals surface area contributed by atoms with Gasteiger partial charge in [0.1, 0.15) is 5.75 Å². The summed E-state index contributed by atoms with van der Waals surface area (Å²) in [4.78, 5) is 14.7. The smallest absolute Gasteiger partial charge is 0.254 e. The normalized spacial score (nSPS) is 21.8. The maximum absolute atomic E-state index is 12.7. The number of amides is 1. The molecule has 1 amide bonds. The second kappa shape index (κ2) is 5.83. The lowest BCUT2D eigenvalue weighted by Gasteiger charge is -2.26. The number of hydrogen-bond donors (Lipinski definition) is 1. The largest absolute Gasteiger partial charge is 0.497 e. The molecule has 3 rings (SSSR count). The second-order valence-electron chi connectivity index (χ2n) is 5.71. The van der Waals surface area contributed by atoms with Crippen LogP contribution in [0.5, 0.6) is 5.75 Å². The van der Waals surface area contributed by atoms with Crippen LogP contribution >= 0.6 is 0 Å². The Labute approximate surface area is 120 Å². The number of ether oxygens (including phenoxy) is 1. The van der Waals surface area contributed by atoms with Crippen LogP contribution in [0.25, 0.3) is 0 Å². The first-order valence-electron chi connectivity index (χ1n) is 7.46. The number of nitrogens with zero attached hydrogens (tertiary/aromatic N) is 1. The fourth-order valence-electron chi connectivity index (χ4n) is 2.83. The van der Waals surface area contributed by atoms with E-state index in [9.17, 15) is 4.79 Å². The monoisotopic (exact) mass is 274 g/mol. The number of hydrogen-bond acceptors (Lipinski definition) is 3. The number of methoxy groups -OCH3 is 1. The van der Waals surface area contributed by atoms with Crippen LogP contribution < -0.4 is 10.1 Å². The predicted molar refractivity (Wildman–Crippen MR) is 78.1 cm³/mol. The highest BCUT2D eigenvalue weighted by atomic mass is 16.5. The third-order valence-electron chi connectivity index (χ3n) is 4.16. The highest BCUT2D eigenvalue weighted by molar-refractivity contribution is 5.94. The zero-order valence-electron chi connectivity index (χ0n) is 12.0. The van der Waals surface area contributed by atoms with E-state index >= 15 is 0 Å². The minimum Gasteiger partial charge on any atom is -0.497 e. The number of carbonyl (C=O) groups is 1. The fraction of sp³-hybridized carbons (Fsp3) is 0.562. The number of nitrogens with one attached hydrogen (secondary N) is 1. The summed E-state index contributed by atoms with van der Waals surface area (Å²) in [5, 5.41) is 3.48. The van der Waals surface area contributed by atoms with Crippen molar-refractivity contribution in [1.82, 2.24) is 10.2 Å². The van der Waals surface area contributed by atoms with Gasteiger partial charge in [-0.2, -0.15) is 0 Å². The first-order valence-corrected chi connectivity index (χ1v) is 7.46. The molecule has 0 radical (unpaired) electrons. The maximum atomic E-state index is 12.7. The van der Waals surface area contributed by atoms with Crippen molar-refractivity contribution >= 4 is 5.91 Å². The summed E-state index contributed by atoms with van der Waals surface area (Å²) in [5.41, 5.74) is 0.760. The van der Waals surface area contributed by atoms with Gasteiger partial charge in [0.15, 0.2) is 0 Å². The highest BCUT2D eigenvalue weighted by Gasteiger charge is 2.34. The van der Waals surface area contributed by atoms with Gasteiger partial charge in [-0.05, 0) is 56.5 Å². The molecule has 2 fully saturated rings. The molecule has 4 nitrogen and oxygen atoms in total. The highest BCUT2D eigenvalue weighted by Crippen LogP contribution is 2.29. The van der Waals surface area contributed by atoms with Crippen molar-refractivity contribution in [2.75, 3.05) is 20.2 Å². The van der Waals surface area contributed by atoms with Gasteiger partial charge in [0.2, 0.25) is 0 Å². The van der Waals surface area contributed by atoms with E-state index in [1.54, 1.807) is 7.11 Å². The van der Waals surface area contributed by atoms with E-state index in [1.165, 1.54) is 12.8 Å². The summed E-state index contributed by atoms with van der Waals surface area (Å²) in [6.45, 7) is 1.93. The Kier molecular flexibility index (Phi) is 3.92. The van der Waals surface area contributed by atoms with E-state index < -0.39 is 0 Å². The van der Waals surface area contributed by atoms with Crippen molar-refractivity contribution in [2.24, 2.45) is 0 Å². The Morgan fingerprint density at radius 2 is 2.05 bits per heavy atom. The van der Waals surface area contributed by atoms with Crippen LogP contribution in [0.1, 0.15) is 36.0 Å². The molecule has 0 aromatic heterocycles. The molecule has 2 aliphatic rings. The van der Waals surface area contributed by atoms with E-state index in [4.69, 9.17) is 4.74 Å². The zero-order chi connectivity index (χ0) is 13.9. The minimum atomic E-state index is 0.156. The molecule has 1 atom stereocenters. The Balaban J connectivity index is 1.70. The standard InChI is InChI=1S/C16H22N2O2/c1-20-15-8-4-12(5-9-15)16(19)18(14-6-7-14)11-13-3-2-10-17-13/h4-5,8-9,13-14,17H,2-3,6-7,10-11H2,1H3. The predicted octanol–water partition coefficient (Wildman–Crippen LogP) is 2.05. The van der Waals surface area contributed by atoms with Crippen LogP contribution in [0.3, 0.4) is 0 Å². The fourth-order valence-corrected chi connectivity index (χ4v) is 2.83. The van der Waals surface area contributed by atoms with Crippen LogP contribution in [0.15, 0.2) is 24.3 Å². The molecule has 20 heavy (non-hydrogen) atoms. The van der Waals surface area contributed by atoms with E-state index in [1.807, 2.05) is 24.3 Å². The van der Waals surface area contributed by atoms with Crippen molar-refractivity contribution < 1.29 is 9.53 Å². The summed E-state index contributed by atoms with van der Waals surface area (Å²) >= 11 is 0. The Morgan fingerprint density at radius 3 is 2.60 bits per heavy atom. The van der Waals surface area contributed by atoms with Gasteiger partial charge in [-0.3, -0.25) is 4.79 Å². The van der Waals surface area contributed by atoms with Crippen molar-refractivity contribution in [3.8, 4) is 5.75 Å². The summed E-state index contributed by atoms with van der Waals surface area (Å²) < 4.78 is 5.14. The molecule has 1 N–H and O–H groups in total. The van der Waals surface area contributed by atoms with Crippen LogP contribution in [0.4, 0.5) is 0 Å². The molecule has 1 aromatic carbocycles. The SMILES string of the molecule is COc1ccc(C(=O)N(CC2CCCN2)C2CC2)cc1. The van der Waals surface area contributed by atoms with E-state index in [0.29, 0.717) is 12.1 Å². The zero-order valence-corrected chi connectivity index (χ0v) is 12.0. The molecule has 4 heteroatoms. The van der Waals surface area contributed by atoms with Crippen LogP contribution in [0, 0.1) is 0 Å². The molecule has 1 saturated carbocycles. The molecule has 1 saturated heterocycles. The summed E-state index contributed by atoms with van der Waals surface area (Å²) in [6, 6.07) is 8.35. The Bertz CT molecular complexity index is 462. The van der Waals surface area contributed by atoms with Gasteiger partial charge in [-0.1, -0.05) is 0 Å². The van der Waals surface area contributed by atoms with Crippen molar-refractivity contribution in [2.45, 2.75) is 37.8 Å². The molecule has 1 aliphatic carbocycles. The third-order valence-corrected chi connectivity index (χ3v) is 4.16. The van der Waals surface area contributed by atoms with Gasteiger partial charge < -0.3 is 15.0 Å². The van der Waals surface area contributed by atoms with Gasteiger partial charge >= 0.3 is 0 Å². The van der Waals surface area contributed by atoms with Crippen molar-refractivity contribution in [1.29, 1.82) is 0 Å². The lowest BCUT2D eigenvalue weighted by molar-refractivity contribution is 0.0728. The number of benzene rings is 1. The van der Waals surface area contributed by atoms with Gasteiger partial charge in [-0.15, -0.1) is 0 Å². The van der Waals surface area contributed by atoms with Crippen molar-refractivity contribution in [3.05, 3.63) is 29.8 Å². The Morgan fingerprint density at radius 1 is 1.30 bits per heavy atom. The van der Waals surface area contributed by atoms with Gasteiger partial charge in [0.25, 0.3) is 5.91 Å². The molecule has 1 aliphatic heterocycles. The molecule has 1 aromatic rings. The average molecular weight is 274 g/mol. The van der Waals surface area contributed by atoms with E-state index in [0.717, 1.165) is 37.2 Å². The maximum Gasteiger partial charge on any atom is 0.254 e. The number of rotatable bonds is 5. The Hall–Kier alpha value is -1.55. The number of carbonyl (C=O) groups excluding carboxylic acids is 1. The lowest BCUT2D eigenvalue weighted by atomic mass is 10.1. The van der Waals surface area contributed by atoms with Gasteiger partial charge in [0.05, 0.1) is 7.11 Å². The minimum absolute atomic E-state index is 0.156. The molecule has 0 spiro atoms. The second-order valence-corrected chi connectivity index (χ2v) is 5.71. The summed E-state index contributed by atoms with van der Waals surface area (Å²) in [5.74, 6) is 0.945. The molecule has 1 heterocycles. The van der Waals surface area contributed by atoms with E-state index in [2.05, 4.69) is 10.2 Å². The van der Waals surface area contributed by atoms with Crippen LogP contribution in [-0.4, -0.2) is 43.1 Å². The van der Waals surface area contributed by atoms with Gasteiger partial charge in [0, 0.05) is 24.2 Å². The summed E-state index contributed by atoms with van der Waals surface area (Å²) in [6.07, 6.45) is 4.70. The average Bonchev–Trinajstić information content (AvgIpc) is 3.21. The lowest BCUT2D eigenvalue weighted by Crippen LogP contribution is -2.42. The first-order chi connectivity index (χ1) is 9.78. The quantitative estimate of drug-likeness (QED) is 0.893. The van der Waals surface area contributed by atoms with Crippen molar-refractivity contribution in [3.63, 3.8) is 0 Å². The molecular formula is C16H22N2O2. The van der Waals surface area contributed by atoms with Crippen LogP contribution in [0.2, 0.25) is 0 Å². The summed E-state index contributed by atoms with van der Waals surface area (Å²) in [7, 11) is 1.64. The van der Waals surface area contributed by atoms with Crippen LogP contribution in [-0.2, 0) is 0 Å². The molecule has 108 valence electrons. The first kappa shape index (κ1) is 13.4. The third kappa shape index (κ3) is 2.96. The van der Waals surface area contributed by atoms with E-state index in [-0.39, 0.29) is 5.91 Å². The molecule has 0 bridgehead atoms. The topological polar surface area (TPSA) is 41.6 Å². The molecule has 1 unspecified atom stereocenters.